The van der Waals surface area contributed by atoms with Gasteiger partial charge in [0, 0.05) is 18.4 Å². The van der Waals surface area contributed by atoms with Gasteiger partial charge in [-0.2, -0.15) is 0 Å². The number of aryl methyl sites for hydroxylation is 1. The van der Waals surface area contributed by atoms with Crippen molar-refractivity contribution in [3.05, 3.63) is 60.8 Å². The lowest BCUT2D eigenvalue weighted by Crippen LogP contribution is -2.30. The van der Waals surface area contributed by atoms with Crippen molar-refractivity contribution < 1.29 is 0 Å². The first-order valence-corrected chi connectivity index (χ1v) is 8.75. The summed E-state index contributed by atoms with van der Waals surface area (Å²) in [5, 5.41) is 0. The van der Waals surface area contributed by atoms with Gasteiger partial charge in [0.1, 0.15) is 5.82 Å². The molecule has 0 spiro atoms. The molecule has 4 rings (SSSR count). The Labute approximate surface area is 148 Å². The topological polar surface area (TPSA) is 37.2 Å². The summed E-state index contributed by atoms with van der Waals surface area (Å²) >= 11 is 0. The summed E-state index contributed by atoms with van der Waals surface area (Å²) in [6, 6.07) is 10.4. The summed E-state index contributed by atoms with van der Waals surface area (Å²) in [6.45, 7) is 10.9. The molecule has 1 aromatic carbocycles. The fourth-order valence-corrected chi connectivity index (χ4v) is 3.53. The number of nitrogens with zero attached hydrogens (tertiary/aromatic N) is 5. The van der Waals surface area contributed by atoms with Gasteiger partial charge in [-0.3, -0.25) is 4.98 Å². The number of allylic oxidation sites excluding steroid dienone is 1. The van der Waals surface area contributed by atoms with Gasteiger partial charge in [0.05, 0.1) is 41.8 Å². The van der Waals surface area contributed by atoms with Crippen LogP contribution in [-0.4, -0.2) is 21.2 Å². The Kier molecular flexibility index (Phi) is 3.92. The van der Waals surface area contributed by atoms with Crippen molar-refractivity contribution in [3.63, 3.8) is 0 Å². The lowest BCUT2D eigenvalue weighted by molar-refractivity contribution is 0.640. The monoisotopic (exact) mass is 333 g/mol. The maximum atomic E-state index is 4.90. The van der Waals surface area contributed by atoms with Crippen LogP contribution in [-0.2, 0) is 13.1 Å². The largest absolute Gasteiger partial charge is 0.343 e. The van der Waals surface area contributed by atoms with Crippen LogP contribution < -0.4 is 9.80 Å². The number of imidazole rings is 1. The quantitative estimate of drug-likeness (QED) is 0.702. The molecule has 2 aromatic heterocycles. The lowest BCUT2D eigenvalue weighted by atomic mass is 10.3. The molecule has 0 saturated carbocycles. The Morgan fingerprint density at radius 1 is 1.20 bits per heavy atom. The van der Waals surface area contributed by atoms with Gasteiger partial charge in [-0.15, -0.1) is 0 Å². The summed E-state index contributed by atoms with van der Waals surface area (Å²) in [5.41, 5.74) is 5.62. The van der Waals surface area contributed by atoms with Crippen LogP contribution in [0.4, 0.5) is 11.4 Å². The first kappa shape index (κ1) is 15.7. The van der Waals surface area contributed by atoms with E-state index in [-0.39, 0.29) is 0 Å². The van der Waals surface area contributed by atoms with Crippen LogP contribution in [0.25, 0.3) is 11.0 Å². The molecular weight excluding hydrogens is 310 g/mol. The molecular formula is C20H23N5. The van der Waals surface area contributed by atoms with Gasteiger partial charge in [0.2, 0.25) is 0 Å². The van der Waals surface area contributed by atoms with Crippen molar-refractivity contribution in [2.45, 2.75) is 33.4 Å². The summed E-state index contributed by atoms with van der Waals surface area (Å²) in [7, 11) is 0. The molecule has 0 saturated heterocycles. The van der Waals surface area contributed by atoms with E-state index in [9.17, 15) is 0 Å². The van der Waals surface area contributed by atoms with Crippen LogP contribution in [0.3, 0.4) is 0 Å². The minimum absolute atomic E-state index is 0.761. The van der Waals surface area contributed by atoms with Crippen molar-refractivity contribution >= 4 is 22.4 Å². The molecule has 25 heavy (non-hydrogen) atoms. The van der Waals surface area contributed by atoms with Gasteiger partial charge in [0.25, 0.3) is 0 Å². The van der Waals surface area contributed by atoms with Crippen LogP contribution >= 0.6 is 0 Å². The van der Waals surface area contributed by atoms with Gasteiger partial charge in [-0.1, -0.05) is 25.6 Å². The van der Waals surface area contributed by atoms with E-state index in [2.05, 4.69) is 57.1 Å². The smallest absolute Gasteiger partial charge is 0.129 e. The zero-order valence-electron chi connectivity index (χ0n) is 14.8. The second-order valence-corrected chi connectivity index (χ2v) is 6.54. The highest BCUT2D eigenvalue weighted by molar-refractivity contribution is 5.78. The van der Waals surface area contributed by atoms with E-state index in [1.807, 2.05) is 25.4 Å². The third kappa shape index (κ3) is 2.65. The first-order chi connectivity index (χ1) is 12.2. The van der Waals surface area contributed by atoms with Gasteiger partial charge in [0.15, 0.2) is 0 Å². The molecule has 0 amide bonds. The average molecular weight is 333 g/mol. The van der Waals surface area contributed by atoms with E-state index < -0.39 is 0 Å². The number of anilines is 2. The molecule has 0 unspecified atom stereocenters. The number of pyridine rings is 1. The van der Waals surface area contributed by atoms with Crippen molar-refractivity contribution in [2.24, 2.45) is 0 Å². The normalized spacial score (nSPS) is 13.5. The number of rotatable bonds is 5. The Morgan fingerprint density at radius 2 is 2.04 bits per heavy atom. The molecule has 0 radical (unpaired) electrons. The highest BCUT2D eigenvalue weighted by Crippen LogP contribution is 2.37. The number of fused-ring (bicyclic) bond motifs is 2. The first-order valence-electron chi connectivity index (χ1n) is 8.75. The van der Waals surface area contributed by atoms with Crippen molar-refractivity contribution in [1.29, 1.82) is 0 Å². The Morgan fingerprint density at radius 3 is 2.84 bits per heavy atom. The Balaban J connectivity index is 1.72. The molecule has 0 N–H and O–H groups in total. The van der Waals surface area contributed by atoms with Crippen LogP contribution in [0, 0.1) is 0 Å². The van der Waals surface area contributed by atoms with Crippen LogP contribution in [0.5, 0.6) is 0 Å². The highest BCUT2D eigenvalue weighted by atomic mass is 15.4. The van der Waals surface area contributed by atoms with E-state index in [0.717, 1.165) is 48.9 Å². The molecule has 0 aliphatic carbocycles. The molecule has 128 valence electrons. The summed E-state index contributed by atoms with van der Waals surface area (Å²) < 4.78 is 2.34. The second kappa shape index (κ2) is 6.24. The Bertz CT molecular complexity index is 927. The fourth-order valence-electron chi connectivity index (χ4n) is 3.53. The van der Waals surface area contributed by atoms with Gasteiger partial charge in [-0.05, 0) is 31.5 Å². The van der Waals surface area contributed by atoms with Gasteiger partial charge < -0.3 is 14.4 Å². The third-order valence-electron chi connectivity index (χ3n) is 4.70. The van der Waals surface area contributed by atoms with E-state index in [0.29, 0.717) is 0 Å². The second-order valence-electron chi connectivity index (χ2n) is 6.54. The highest BCUT2D eigenvalue weighted by Gasteiger charge is 2.27. The zero-order valence-corrected chi connectivity index (χ0v) is 14.8. The van der Waals surface area contributed by atoms with Crippen molar-refractivity contribution in [2.75, 3.05) is 16.5 Å². The molecule has 5 heteroatoms. The molecule has 3 aromatic rings. The van der Waals surface area contributed by atoms with E-state index >= 15 is 0 Å². The number of benzene rings is 1. The fraction of sp³-hybridized carbons (Fsp3) is 0.300. The molecule has 5 nitrogen and oxygen atoms in total. The molecule has 0 fully saturated rings. The Hall–Kier alpha value is -2.82. The van der Waals surface area contributed by atoms with Crippen LogP contribution in [0.2, 0.25) is 0 Å². The molecule has 1 aliphatic heterocycles. The maximum absolute atomic E-state index is 4.90. The summed E-state index contributed by atoms with van der Waals surface area (Å²) in [4.78, 5) is 13.8. The SMILES string of the molecule is C=C(C)N1CN(Cc2nc3ccccc3n2CCC)c2cnccc21. The standard InChI is InChI=1S/C20H23N5/c1-4-11-24-17-8-6-5-7-16(17)22-20(24)13-23-14-25(15(2)3)18-9-10-21-12-19(18)23/h5-10,12H,2,4,11,13-14H2,1,3H3. The van der Waals surface area contributed by atoms with Gasteiger partial charge >= 0.3 is 0 Å². The lowest BCUT2D eigenvalue weighted by Gasteiger charge is -2.21. The summed E-state index contributed by atoms with van der Waals surface area (Å²) in [5.74, 6) is 1.10. The number of hydrogen-bond donors (Lipinski definition) is 0. The van der Waals surface area contributed by atoms with E-state index in [4.69, 9.17) is 4.98 Å². The molecule has 0 bridgehead atoms. The molecule has 1 aliphatic rings. The maximum Gasteiger partial charge on any atom is 0.129 e. The molecule has 3 heterocycles. The number of aromatic nitrogens is 3. The average Bonchev–Trinajstić information content (AvgIpc) is 3.15. The van der Waals surface area contributed by atoms with Crippen LogP contribution in [0.15, 0.2) is 55.0 Å². The summed E-state index contributed by atoms with van der Waals surface area (Å²) in [6.07, 6.45) is 4.86. The minimum atomic E-state index is 0.761. The van der Waals surface area contributed by atoms with Gasteiger partial charge in [-0.25, -0.2) is 4.98 Å². The van der Waals surface area contributed by atoms with Crippen LogP contribution in [0.1, 0.15) is 26.1 Å². The molecule has 0 atom stereocenters. The minimum Gasteiger partial charge on any atom is -0.343 e. The predicted octanol–water partition coefficient (Wildman–Crippen LogP) is 4.16. The number of hydrogen-bond acceptors (Lipinski definition) is 4. The van der Waals surface area contributed by atoms with Crippen molar-refractivity contribution in [1.82, 2.24) is 14.5 Å². The third-order valence-corrected chi connectivity index (χ3v) is 4.70. The number of para-hydroxylation sites is 2. The van der Waals surface area contributed by atoms with E-state index in [1.165, 1.54) is 11.2 Å². The zero-order chi connectivity index (χ0) is 17.4. The van der Waals surface area contributed by atoms with E-state index in [1.54, 1.807) is 0 Å². The predicted molar refractivity (Wildman–Crippen MR) is 103 cm³/mol. The van der Waals surface area contributed by atoms with Crippen molar-refractivity contribution in [3.8, 4) is 0 Å².